The van der Waals surface area contributed by atoms with Crippen LogP contribution in [0.3, 0.4) is 0 Å². The third-order valence-corrected chi connectivity index (χ3v) is 9.69. The molecule has 5 aliphatic rings. The van der Waals surface area contributed by atoms with Crippen molar-refractivity contribution >= 4 is 5.78 Å². The number of carbonyl (C=O) groups is 1. The summed E-state index contributed by atoms with van der Waals surface area (Å²) in [5.41, 5.74) is -2.05. The van der Waals surface area contributed by atoms with E-state index in [0.717, 1.165) is 25.7 Å². The molecule has 27 heavy (non-hydrogen) atoms. The predicted octanol–water partition coefficient (Wildman–Crippen LogP) is 0.991. The van der Waals surface area contributed by atoms with Gasteiger partial charge in [-0.3, -0.25) is 4.79 Å². The van der Waals surface area contributed by atoms with E-state index in [9.17, 15) is 25.2 Å². The van der Waals surface area contributed by atoms with Gasteiger partial charge in [-0.1, -0.05) is 6.92 Å². The SMILES string of the molecule is C[C@]12CC[C@H](O)C[C@]1(O)C(=O)C[C@H]1[C@@H]3CC[C@@H]4C(O)(CO)OC[C@@]43CC[C@@H]12. The highest BCUT2D eigenvalue weighted by Crippen LogP contribution is 2.70. The first-order chi connectivity index (χ1) is 12.7. The van der Waals surface area contributed by atoms with Gasteiger partial charge in [0.15, 0.2) is 11.6 Å². The molecule has 6 nitrogen and oxygen atoms in total. The molecule has 1 unspecified atom stereocenters. The topological polar surface area (TPSA) is 107 Å². The molecule has 0 aromatic rings. The van der Waals surface area contributed by atoms with Gasteiger partial charge in [0.1, 0.15) is 5.60 Å². The van der Waals surface area contributed by atoms with E-state index in [1.54, 1.807) is 0 Å². The number of ether oxygens (including phenoxy) is 1. The zero-order valence-corrected chi connectivity index (χ0v) is 16.1. The fourth-order valence-corrected chi connectivity index (χ4v) is 8.30. The second-order valence-corrected chi connectivity index (χ2v) is 10.4. The van der Waals surface area contributed by atoms with Crippen molar-refractivity contribution in [1.29, 1.82) is 0 Å². The van der Waals surface area contributed by atoms with Crippen LogP contribution in [0.1, 0.15) is 58.3 Å². The Hall–Kier alpha value is -0.530. The first kappa shape index (κ1) is 18.5. The minimum atomic E-state index is -1.44. The summed E-state index contributed by atoms with van der Waals surface area (Å²) in [6.45, 7) is 2.14. The number of fused-ring (bicyclic) bond motifs is 4. The third kappa shape index (κ3) is 2.06. The Kier molecular flexibility index (Phi) is 3.79. The van der Waals surface area contributed by atoms with Gasteiger partial charge in [-0.05, 0) is 56.3 Å². The molecule has 4 saturated carbocycles. The lowest BCUT2D eigenvalue weighted by molar-refractivity contribution is -0.217. The molecule has 1 saturated heterocycles. The molecule has 1 heterocycles. The maximum Gasteiger partial charge on any atom is 0.192 e. The zero-order valence-electron chi connectivity index (χ0n) is 16.1. The average molecular weight is 380 g/mol. The minimum Gasteiger partial charge on any atom is -0.393 e. The lowest BCUT2D eigenvalue weighted by Crippen LogP contribution is -2.67. The standard InChI is InChI=1S/C21H32O6/c1-18-6-4-12(23)9-20(18,25)17(24)8-13-14(18)5-7-19-11-27-21(26,10-22)16(19)3-2-15(13)19/h12-16,22-23,25-26H,2-11H2,1H3/t12-,13+,14-,15-,16-,18+,19+,20-,21?/m0/s1. The largest absolute Gasteiger partial charge is 0.393 e. The Morgan fingerprint density at radius 3 is 2.63 bits per heavy atom. The first-order valence-corrected chi connectivity index (χ1v) is 10.6. The minimum absolute atomic E-state index is 0.0714. The van der Waals surface area contributed by atoms with Crippen LogP contribution in [-0.4, -0.2) is 56.9 Å². The van der Waals surface area contributed by atoms with Crippen LogP contribution >= 0.6 is 0 Å². The van der Waals surface area contributed by atoms with Gasteiger partial charge in [-0.2, -0.15) is 0 Å². The predicted molar refractivity (Wildman–Crippen MR) is 95.4 cm³/mol. The molecule has 5 rings (SSSR count). The van der Waals surface area contributed by atoms with Crippen molar-refractivity contribution in [3.8, 4) is 0 Å². The molecular weight excluding hydrogens is 348 g/mol. The molecule has 9 atom stereocenters. The summed E-state index contributed by atoms with van der Waals surface area (Å²) in [5.74, 6) is -0.884. The molecule has 0 amide bonds. The molecule has 4 aliphatic carbocycles. The molecule has 5 fully saturated rings. The quantitative estimate of drug-likeness (QED) is 0.540. The van der Waals surface area contributed by atoms with Crippen LogP contribution in [0.15, 0.2) is 0 Å². The van der Waals surface area contributed by atoms with Crippen molar-refractivity contribution in [2.75, 3.05) is 13.2 Å². The lowest BCUT2D eigenvalue weighted by atomic mass is 9.43. The number of ketones is 1. The van der Waals surface area contributed by atoms with Crippen molar-refractivity contribution < 1.29 is 30.0 Å². The second kappa shape index (κ2) is 5.54. The Labute approximate surface area is 159 Å². The van der Waals surface area contributed by atoms with Crippen LogP contribution < -0.4 is 0 Å². The zero-order chi connectivity index (χ0) is 19.2. The smallest absolute Gasteiger partial charge is 0.192 e. The van der Waals surface area contributed by atoms with Crippen molar-refractivity contribution in [1.82, 2.24) is 0 Å². The molecule has 152 valence electrons. The molecule has 1 spiro atoms. The van der Waals surface area contributed by atoms with Crippen LogP contribution in [0.2, 0.25) is 0 Å². The average Bonchev–Trinajstić information content (AvgIpc) is 3.15. The number of hydrogen-bond acceptors (Lipinski definition) is 6. The number of aliphatic hydroxyl groups is 4. The second-order valence-electron chi connectivity index (χ2n) is 10.4. The summed E-state index contributed by atoms with van der Waals surface area (Å²) in [5, 5.41) is 41.9. The van der Waals surface area contributed by atoms with Gasteiger partial charge in [0.25, 0.3) is 0 Å². The van der Waals surface area contributed by atoms with Crippen molar-refractivity contribution in [3.63, 3.8) is 0 Å². The van der Waals surface area contributed by atoms with E-state index in [1.165, 1.54) is 0 Å². The van der Waals surface area contributed by atoms with Crippen LogP contribution in [0.25, 0.3) is 0 Å². The van der Waals surface area contributed by atoms with Gasteiger partial charge in [-0.15, -0.1) is 0 Å². The first-order valence-electron chi connectivity index (χ1n) is 10.6. The van der Waals surface area contributed by atoms with E-state index < -0.39 is 22.9 Å². The summed E-state index contributed by atoms with van der Waals surface area (Å²) in [6, 6.07) is 0. The van der Waals surface area contributed by atoms with E-state index >= 15 is 0 Å². The van der Waals surface area contributed by atoms with Crippen LogP contribution in [-0.2, 0) is 9.53 Å². The van der Waals surface area contributed by atoms with Gasteiger partial charge >= 0.3 is 0 Å². The fourth-order valence-electron chi connectivity index (χ4n) is 8.30. The van der Waals surface area contributed by atoms with Crippen molar-refractivity contribution in [3.05, 3.63) is 0 Å². The normalized spacial score (nSPS) is 59.7. The number of Topliss-reactive ketones (excluding diaryl/α,β-unsaturated/α-hetero) is 1. The number of aliphatic hydroxyl groups excluding tert-OH is 2. The highest BCUT2D eigenvalue weighted by atomic mass is 16.6. The van der Waals surface area contributed by atoms with Crippen LogP contribution in [0.5, 0.6) is 0 Å². The van der Waals surface area contributed by atoms with E-state index in [0.29, 0.717) is 31.8 Å². The van der Waals surface area contributed by atoms with E-state index in [1.807, 2.05) is 0 Å². The maximum atomic E-state index is 13.1. The highest BCUT2D eigenvalue weighted by molar-refractivity contribution is 5.89. The van der Waals surface area contributed by atoms with Crippen molar-refractivity contribution in [2.24, 2.45) is 34.5 Å². The molecule has 0 aromatic heterocycles. The van der Waals surface area contributed by atoms with E-state index in [-0.39, 0.29) is 42.0 Å². The molecule has 0 aromatic carbocycles. The Morgan fingerprint density at radius 2 is 1.89 bits per heavy atom. The Balaban J connectivity index is 1.51. The van der Waals surface area contributed by atoms with Gasteiger partial charge in [0.2, 0.25) is 0 Å². The lowest BCUT2D eigenvalue weighted by Gasteiger charge is -2.62. The van der Waals surface area contributed by atoms with E-state index in [2.05, 4.69) is 6.92 Å². The molecule has 6 heteroatoms. The van der Waals surface area contributed by atoms with E-state index in [4.69, 9.17) is 4.74 Å². The Bertz CT molecular complexity index is 667. The molecule has 0 bridgehead atoms. The van der Waals surface area contributed by atoms with Gasteiger partial charge in [-0.25, -0.2) is 0 Å². The molecule has 1 aliphatic heterocycles. The van der Waals surface area contributed by atoms with Gasteiger partial charge in [0, 0.05) is 29.6 Å². The summed E-state index contributed by atoms with van der Waals surface area (Å²) in [4.78, 5) is 13.1. The monoisotopic (exact) mass is 380 g/mol. The Morgan fingerprint density at radius 1 is 1.11 bits per heavy atom. The molecule has 0 radical (unpaired) electrons. The number of hydrogen-bond donors (Lipinski definition) is 4. The maximum absolute atomic E-state index is 13.1. The van der Waals surface area contributed by atoms with Crippen molar-refractivity contribution in [2.45, 2.75) is 75.8 Å². The third-order valence-electron chi connectivity index (χ3n) is 9.69. The fraction of sp³-hybridized carbons (Fsp3) is 0.952. The number of rotatable bonds is 1. The summed E-state index contributed by atoms with van der Waals surface area (Å²) in [6.07, 6.45) is 4.83. The molecule has 4 N–H and O–H groups in total. The summed E-state index contributed by atoms with van der Waals surface area (Å²) < 4.78 is 5.73. The van der Waals surface area contributed by atoms with Crippen LogP contribution in [0, 0.1) is 34.5 Å². The summed E-state index contributed by atoms with van der Waals surface area (Å²) in [7, 11) is 0. The summed E-state index contributed by atoms with van der Waals surface area (Å²) >= 11 is 0. The highest BCUT2D eigenvalue weighted by Gasteiger charge is 2.71. The van der Waals surface area contributed by atoms with Crippen LogP contribution in [0.4, 0.5) is 0 Å². The van der Waals surface area contributed by atoms with Gasteiger partial charge in [0.05, 0.1) is 19.3 Å². The van der Waals surface area contributed by atoms with Gasteiger partial charge < -0.3 is 25.2 Å². The number of carbonyl (C=O) groups excluding carboxylic acids is 1. The molecular formula is C21H32O6.